The second kappa shape index (κ2) is 7.11. The van der Waals surface area contributed by atoms with E-state index < -0.39 is 12.1 Å². The van der Waals surface area contributed by atoms with Crippen molar-refractivity contribution in [2.24, 2.45) is 7.05 Å². The van der Waals surface area contributed by atoms with Crippen LogP contribution in [0.25, 0.3) is 21.8 Å². The number of hydrogen-bond acceptors (Lipinski definition) is 4. The molecule has 0 bridgehead atoms. The van der Waals surface area contributed by atoms with Crippen molar-refractivity contribution in [2.45, 2.75) is 13.0 Å². The molecule has 0 aliphatic carbocycles. The molecule has 5 nitrogen and oxygen atoms in total. The quantitative estimate of drug-likeness (QED) is 0.495. The molecule has 0 saturated heterocycles. The minimum atomic E-state index is -0.880. The van der Waals surface area contributed by atoms with E-state index in [1.165, 1.54) is 0 Å². The van der Waals surface area contributed by atoms with Crippen molar-refractivity contribution in [3.63, 3.8) is 0 Å². The number of rotatable bonds is 5. The van der Waals surface area contributed by atoms with Crippen molar-refractivity contribution in [2.75, 3.05) is 6.61 Å². The van der Waals surface area contributed by atoms with E-state index in [4.69, 9.17) is 9.47 Å². The Kier molecular flexibility index (Phi) is 4.50. The number of nitrogens with zero attached hydrogens (tertiary/aromatic N) is 2. The SMILES string of the molecule is CCOC(=O)C(Oc1ccccc1)c1cc2ccccc2c2ncn(C)c12. The molecule has 0 saturated carbocycles. The molecule has 136 valence electrons. The minimum Gasteiger partial charge on any atom is -0.474 e. The molecule has 27 heavy (non-hydrogen) atoms. The minimum absolute atomic E-state index is 0.287. The number of ether oxygens (including phenoxy) is 2. The van der Waals surface area contributed by atoms with Crippen molar-refractivity contribution in [1.29, 1.82) is 0 Å². The number of fused-ring (bicyclic) bond motifs is 3. The van der Waals surface area contributed by atoms with Gasteiger partial charge in [-0.25, -0.2) is 9.78 Å². The number of imidazole rings is 1. The summed E-state index contributed by atoms with van der Waals surface area (Å²) < 4.78 is 13.3. The first-order valence-corrected chi connectivity index (χ1v) is 8.90. The average molecular weight is 360 g/mol. The van der Waals surface area contributed by atoms with Crippen LogP contribution in [-0.2, 0) is 16.6 Å². The maximum absolute atomic E-state index is 12.8. The molecule has 0 fully saturated rings. The van der Waals surface area contributed by atoms with Crippen molar-refractivity contribution in [3.8, 4) is 5.75 Å². The highest BCUT2D eigenvalue weighted by molar-refractivity contribution is 6.06. The predicted molar refractivity (Wildman–Crippen MR) is 105 cm³/mol. The van der Waals surface area contributed by atoms with Crippen molar-refractivity contribution < 1.29 is 14.3 Å². The highest BCUT2D eigenvalue weighted by Crippen LogP contribution is 2.34. The first kappa shape index (κ1) is 17.1. The van der Waals surface area contributed by atoms with E-state index in [9.17, 15) is 4.79 Å². The number of carbonyl (C=O) groups excluding carboxylic acids is 1. The van der Waals surface area contributed by atoms with Gasteiger partial charge in [0.05, 0.1) is 24.0 Å². The molecule has 1 aromatic heterocycles. The van der Waals surface area contributed by atoms with Crippen LogP contribution < -0.4 is 4.74 Å². The maximum atomic E-state index is 12.8. The highest BCUT2D eigenvalue weighted by Gasteiger charge is 2.28. The Bertz CT molecular complexity index is 1100. The van der Waals surface area contributed by atoms with Gasteiger partial charge in [0.15, 0.2) is 0 Å². The van der Waals surface area contributed by atoms with Gasteiger partial charge < -0.3 is 14.0 Å². The Hall–Kier alpha value is -3.34. The summed E-state index contributed by atoms with van der Waals surface area (Å²) in [6.07, 6.45) is 0.876. The molecule has 1 unspecified atom stereocenters. The Morgan fingerprint density at radius 3 is 2.63 bits per heavy atom. The first-order chi connectivity index (χ1) is 13.2. The Labute approximate surface area is 157 Å². The number of carbonyl (C=O) groups is 1. The third-order valence-electron chi connectivity index (χ3n) is 4.52. The van der Waals surface area contributed by atoms with E-state index in [0.29, 0.717) is 5.75 Å². The summed E-state index contributed by atoms with van der Waals surface area (Å²) in [5.74, 6) is 0.193. The fourth-order valence-corrected chi connectivity index (χ4v) is 3.33. The summed E-state index contributed by atoms with van der Waals surface area (Å²) in [6.45, 7) is 2.08. The standard InChI is InChI=1S/C22H20N2O3/c1-3-26-22(25)21(27-16-10-5-4-6-11-16)18-13-15-9-7-8-12-17(15)19-20(18)24(2)14-23-19/h4-14,21H,3H2,1-2H3. The van der Waals surface area contributed by atoms with E-state index >= 15 is 0 Å². The van der Waals surface area contributed by atoms with Crippen LogP contribution in [0.3, 0.4) is 0 Å². The third kappa shape index (κ3) is 3.12. The number of esters is 1. The molecule has 0 aliphatic rings. The van der Waals surface area contributed by atoms with E-state index in [1.807, 2.05) is 72.3 Å². The molecular formula is C22H20N2O3. The van der Waals surface area contributed by atoms with Crippen molar-refractivity contribution in [1.82, 2.24) is 9.55 Å². The monoisotopic (exact) mass is 360 g/mol. The Morgan fingerprint density at radius 1 is 1.11 bits per heavy atom. The smallest absolute Gasteiger partial charge is 0.352 e. The van der Waals surface area contributed by atoms with Crippen LogP contribution in [0, 0.1) is 0 Å². The van der Waals surface area contributed by atoms with E-state index in [-0.39, 0.29) is 6.61 Å². The molecule has 4 rings (SSSR count). The molecule has 0 N–H and O–H groups in total. The molecule has 3 aromatic carbocycles. The van der Waals surface area contributed by atoms with Gasteiger partial charge in [-0.05, 0) is 30.5 Å². The maximum Gasteiger partial charge on any atom is 0.352 e. The molecule has 0 aliphatic heterocycles. The lowest BCUT2D eigenvalue weighted by atomic mass is 10.0. The van der Waals surface area contributed by atoms with Gasteiger partial charge in [0.2, 0.25) is 6.10 Å². The molecule has 0 radical (unpaired) electrons. The molecule has 5 heteroatoms. The zero-order chi connectivity index (χ0) is 18.8. The largest absolute Gasteiger partial charge is 0.474 e. The van der Waals surface area contributed by atoms with Crippen LogP contribution in [0.1, 0.15) is 18.6 Å². The van der Waals surface area contributed by atoms with Crippen LogP contribution >= 0.6 is 0 Å². The summed E-state index contributed by atoms with van der Waals surface area (Å²) >= 11 is 0. The highest BCUT2D eigenvalue weighted by atomic mass is 16.6. The molecule has 0 amide bonds. The Morgan fingerprint density at radius 2 is 1.85 bits per heavy atom. The van der Waals surface area contributed by atoms with Gasteiger partial charge in [0.25, 0.3) is 0 Å². The summed E-state index contributed by atoms with van der Waals surface area (Å²) in [5, 5.41) is 2.05. The van der Waals surface area contributed by atoms with Crippen LogP contribution in [0.15, 0.2) is 67.0 Å². The topological polar surface area (TPSA) is 53.4 Å². The van der Waals surface area contributed by atoms with Gasteiger partial charge in [-0.2, -0.15) is 0 Å². The summed E-state index contributed by atoms with van der Waals surface area (Å²) in [5.41, 5.74) is 2.45. The van der Waals surface area contributed by atoms with Gasteiger partial charge in [-0.15, -0.1) is 0 Å². The number of benzene rings is 3. The lowest BCUT2D eigenvalue weighted by Crippen LogP contribution is -2.22. The molecule has 1 atom stereocenters. The molecule has 0 spiro atoms. The van der Waals surface area contributed by atoms with Gasteiger partial charge in [-0.3, -0.25) is 0 Å². The summed E-state index contributed by atoms with van der Waals surface area (Å²) in [6, 6.07) is 19.3. The normalized spacial score (nSPS) is 12.2. The van der Waals surface area contributed by atoms with Gasteiger partial charge >= 0.3 is 5.97 Å². The first-order valence-electron chi connectivity index (χ1n) is 8.90. The lowest BCUT2D eigenvalue weighted by molar-refractivity contribution is -0.151. The zero-order valence-corrected chi connectivity index (χ0v) is 15.3. The van der Waals surface area contributed by atoms with Crippen LogP contribution in [-0.4, -0.2) is 22.1 Å². The van der Waals surface area contributed by atoms with Crippen LogP contribution in [0.2, 0.25) is 0 Å². The fourth-order valence-electron chi connectivity index (χ4n) is 3.33. The second-order valence-electron chi connectivity index (χ2n) is 6.30. The van der Waals surface area contributed by atoms with Crippen LogP contribution in [0.4, 0.5) is 0 Å². The fraction of sp³-hybridized carbons (Fsp3) is 0.182. The number of para-hydroxylation sites is 1. The third-order valence-corrected chi connectivity index (χ3v) is 4.52. The number of hydrogen-bond donors (Lipinski definition) is 0. The molecule has 1 heterocycles. The zero-order valence-electron chi connectivity index (χ0n) is 15.3. The molecular weight excluding hydrogens is 340 g/mol. The van der Waals surface area contributed by atoms with Crippen LogP contribution in [0.5, 0.6) is 5.75 Å². The number of aromatic nitrogens is 2. The predicted octanol–water partition coefficient (Wildman–Crippen LogP) is 4.41. The number of aryl methyl sites for hydroxylation is 1. The second-order valence-corrected chi connectivity index (χ2v) is 6.30. The van der Waals surface area contributed by atoms with E-state index in [1.54, 1.807) is 13.3 Å². The van der Waals surface area contributed by atoms with Gasteiger partial charge in [0.1, 0.15) is 5.75 Å². The van der Waals surface area contributed by atoms with E-state index in [0.717, 1.165) is 27.4 Å². The van der Waals surface area contributed by atoms with Gasteiger partial charge in [-0.1, -0.05) is 42.5 Å². The van der Waals surface area contributed by atoms with Gasteiger partial charge in [0, 0.05) is 18.0 Å². The summed E-state index contributed by atoms with van der Waals surface area (Å²) in [7, 11) is 1.92. The van der Waals surface area contributed by atoms with Crippen molar-refractivity contribution in [3.05, 3.63) is 72.6 Å². The summed E-state index contributed by atoms with van der Waals surface area (Å²) in [4.78, 5) is 17.3. The molecule has 4 aromatic rings. The average Bonchev–Trinajstić information content (AvgIpc) is 3.09. The van der Waals surface area contributed by atoms with E-state index in [2.05, 4.69) is 4.98 Å². The lowest BCUT2D eigenvalue weighted by Gasteiger charge is -2.20. The Balaban J connectivity index is 1.93. The van der Waals surface area contributed by atoms with Crippen molar-refractivity contribution >= 4 is 27.8 Å².